The molecule has 6 heteroatoms. The first kappa shape index (κ1) is 14.6. The van der Waals surface area contributed by atoms with Crippen LogP contribution in [-0.4, -0.2) is 28.7 Å². The molecule has 5 nitrogen and oxygen atoms in total. The van der Waals surface area contributed by atoms with Gasteiger partial charge in [0.25, 0.3) is 5.69 Å². The Morgan fingerprint density at radius 1 is 1.50 bits per heavy atom. The molecule has 1 aliphatic rings. The van der Waals surface area contributed by atoms with Crippen LogP contribution < -0.4 is 0 Å². The number of hydrogen-bond acceptors (Lipinski definition) is 4. The first-order chi connectivity index (χ1) is 9.45. The maximum Gasteiger partial charge on any atom is 0.272 e. The normalized spacial score (nSPS) is 19.8. The molecule has 1 fully saturated rings. The van der Waals surface area contributed by atoms with Crippen LogP contribution in [0.4, 0.5) is 10.1 Å². The molecule has 1 unspecified atom stereocenters. The lowest BCUT2D eigenvalue weighted by atomic mass is 9.94. The van der Waals surface area contributed by atoms with Gasteiger partial charge < -0.3 is 0 Å². The Kier molecular flexibility index (Phi) is 4.44. The third kappa shape index (κ3) is 3.60. The van der Waals surface area contributed by atoms with Crippen molar-refractivity contribution in [1.29, 1.82) is 0 Å². The molecular formula is C14H17FN2O3. The van der Waals surface area contributed by atoms with Crippen LogP contribution in [0.25, 0.3) is 0 Å². The van der Waals surface area contributed by atoms with Gasteiger partial charge in [0.2, 0.25) is 0 Å². The van der Waals surface area contributed by atoms with Gasteiger partial charge >= 0.3 is 0 Å². The van der Waals surface area contributed by atoms with E-state index in [1.165, 1.54) is 12.1 Å². The number of carbonyl (C=O) groups is 1. The van der Waals surface area contributed by atoms with Crippen LogP contribution in [0.3, 0.4) is 0 Å². The zero-order chi connectivity index (χ0) is 14.7. The molecule has 2 rings (SSSR count). The number of hydrogen-bond donors (Lipinski definition) is 0. The average Bonchev–Trinajstić information content (AvgIpc) is 2.38. The SMILES string of the molecule is CC(=O)C1CCCN(Cc2cc(F)cc([N+](=O)[O-])c2)C1. The van der Waals surface area contributed by atoms with E-state index in [4.69, 9.17) is 0 Å². The predicted octanol–water partition coefficient (Wildman–Crippen LogP) is 2.53. The Hall–Kier alpha value is -1.82. The van der Waals surface area contributed by atoms with E-state index in [-0.39, 0.29) is 17.4 Å². The van der Waals surface area contributed by atoms with Crippen molar-refractivity contribution in [2.75, 3.05) is 13.1 Å². The van der Waals surface area contributed by atoms with Gasteiger partial charge in [0, 0.05) is 25.1 Å². The molecule has 0 aliphatic carbocycles. The number of benzene rings is 1. The first-order valence-corrected chi connectivity index (χ1v) is 6.62. The molecule has 108 valence electrons. The van der Waals surface area contributed by atoms with Crippen molar-refractivity contribution in [3.05, 3.63) is 39.7 Å². The summed E-state index contributed by atoms with van der Waals surface area (Å²) >= 11 is 0. The summed E-state index contributed by atoms with van der Waals surface area (Å²) < 4.78 is 13.4. The minimum absolute atomic E-state index is 0.0206. The number of rotatable bonds is 4. The fourth-order valence-corrected chi connectivity index (χ4v) is 2.62. The zero-order valence-electron chi connectivity index (χ0n) is 11.3. The Morgan fingerprint density at radius 3 is 2.90 bits per heavy atom. The lowest BCUT2D eigenvalue weighted by Gasteiger charge is -2.31. The minimum Gasteiger partial charge on any atom is -0.300 e. The highest BCUT2D eigenvalue weighted by atomic mass is 19.1. The van der Waals surface area contributed by atoms with Gasteiger partial charge in [0.15, 0.2) is 0 Å². The summed E-state index contributed by atoms with van der Waals surface area (Å²) in [5, 5.41) is 10.7. The quantitative estimate of drug-likeness (QED) is 0.628. The van der Waals surface area contributed by atoms with Crippen molar-refractivity contribution in [3.8, 4) is 0 Å². The van der Waals surface area contributed by atoms with Crippen molar-refractivity contribution in [2.24, 2.45) is 5.92 Å². The van der Waals surface area contributed by atoms with Gasteiger partial charge in [0.05, 0.1) is 11.0 Å². The van der Waals surface area contributed by atoms with E-state index in [1.807, 2.05) is 4.90 Å². The summed E-state index contributed by atoms with van der Waals surface area (Å²) in [6.07, 6.45) is 1.80. The molecule has 1 atom stereocenters. The summed E-state index contributed by atoms with van der Waals surface area (Å²) in [5.74, 6) is -0.415. The summed E-state index contributed by atoms with van der Waals surface area (Å²) in [4.78, 5) is 23.6. The number of halogens is 1. The molecule has 1 heterocycles. The molecule has 0 aromatic heterocycles. The molecule has 1 aromatic rings. The number of nitro benzene ring substituents is 1. The number of non-ortho nitro benzene ring substituents is 1. The van der Waals surface area contributed by atoms with E-state index in [1.54, 1.807) is 6.92 Å². The lowest BCUT2D eigenvalue weighted by Crippen LogP contribution is -2.37. The number of Topliss-reactive ketones (excluding diaryl/α,β-unsaturated/α-hetero) is 1. The maximum absolute atomic E-state index is 13.4. The predicted molar refractivity (Wildman–Crippen MR) is 71.7 cm³/mol. The van der Waals surface area contributed by atoms with E-state index >= 15 is 0 Å². The summed E-state index contributed by atoms with van der Waals surface area (Å²) in [6.45, 7) is 3.48. The number of likely N-dealkylation sites (tertiary alicyclic amines) is 1. The largest absolute Gasteiger partial charge is 0.300 e. The van der Waals surface area contributed by atoms with E-state index in [2.05, 4.69) is 0 Å². The van der Waals surface area contributed by atoms with E-state index in [9.17, 15) is 19.3 Å². The summed E-state index contributed by atoms with van der Waals surface area (Å²) in [6, 6.07) is 3.61. The van der Waals surface area contributed by atoms with Gasteiger partial charge in [-0.25, -0.2) is 4.39 Å². The highest BCUT2D eigenvalue weighted by Gasteiger charge is 2.23. The second-order valence-electron chi connectivity index (χ2n) is 5.26. The van der Waals surface area contributed by atoms with Crippen molar-refractivity contribution in [3.63, 3.8) is 0 Å². The molecule has 0 amide bonds. The molecular weight excluding hydrogens is 263 g/mol. The number of nitrogens with zero attached hydrogens (tertiary/aromatic N) is 2. The van der Waals surface area contributed by atoms with Crippen molar-refractivity contribution < 1.29 is 14.1 Å². The van der Waals surface area contributed by atoms with Crippen LogP contribution >= 0.6 is 0 Å². The van der Waals surface area contributed by atoms with Crippen LogP contribution in [0.1, 0.15) is 25.3 Å². The van der Waals surface area contributed by atoms with Gasteiger partial charge in [-0.2, -0.15) is 0 Å². The molecule has 0 N–H and O–H groups in total. The molecule has 1 aromatic carbocycles. The van der Waals surface area contributed by atoms with E-state index in [0.717, 1.165) is 25.5 Å². The lowest BCUT2D eigenvalue weighted by molar-refractivity contribution is -0.385. The summed E-state index contributed by atoms with van der Waals surface area (Å²) in [7, 11) is 0. The second kappa shape index (κ2) is 6.09. The zero-order valence-corrected chi connectivity index (χ0v) is 11.3. The van der Waals surface area contributed by atoms with Crippen molar-refractivity contribution in [1.82, 2.24) is 4.90 Å². The third-order valence-electron chi connectivity index (χ3n) is 3.64. The molecule has 0 spiro atoms. The molecule has 1 aliphatic heterocycles. The van der Waals surface area contributed by atoms with E-state index < -0.39 is 10.7 Å². The number of nitro groups is 1. The van der Waals surface area contributed by atoms with Gasteiger partial charge in [-0.15, -0.1) is 0 Å². The molecule has 1 saturated heterocycles. The third-order valence-corrected chi connectivity index (χ3v) is 3.64. The maximum atomic E-state index is 13.4. The molecule has 20 heavy (non-hydrogen) atoms. The number of piperidine rings is 1. The van der Waals surface area contributed by atoms with Crippen LogP contribution in [0.2, 0.25) is 0 Å². The Balaban J connectivity index is 2.09. The van der Waals surface area contributed by atoms with Gasteiger partial charge in [-0.05, 0) is 37.9 Å². The van der Waals surface area contributed by atoms with E-state index in [0.29, 0.717) is 18.7 Å². The summed E-state index contributed by atoms with van der Waals surface area (Å²) in [5.41, 5.74) is 0.334. The topological polar surface area (TPSA) is 63.5 Å². The van der Waals surface area contributed by atoms with Gasteiger partial charge in [-0.1, -0.05) is 0 Å². The van der Waals surface area contributed by atoms with Gasteiger partial charge in [0.1, 0.15) is 11.6 Å². The fourth-order valence-electron chi connectivity index (χ4n) is 2.62. The number of carbonyl (C=O) groups excluding carboxylic acids is 1. The van der Waals surface area contributed by atoms with Crippen LogP contribution in [0.15, 0.2) is 18.2 Å². The minimum atomic E-state index is -0.602. The standard InChI is InChI=1S/C14H17FN2O3/c1-10(18)12-3-2-4-16(9-12)8-11-5-13(15)7-14(6-11)17(19)20/h5-7,12H,2-4,8-9H2,1H3. The average molecular weight is 280 g/mol. The molecule has 0 radical (unpaired) electrons. The fraction of sp³-hybridized carbons (Fsp3) is 0.500. The Bertz CT molecular complexity index is 533. The van der Waals surface area contributed by atoms with Gasteiger partial charge in [-0.3, -0.25) is 19.8 Å². The molecule has 0 bridgehead atoms. The molecule has 0 saturated carbocycles. The van der Waals surface area contributed by atoms with Crippen molar-refractivity contribution in [2.45, 2.75) is 26.3 Å². The smallest absolute Gasteiger partial charge is 0.272 e. The Labute approximate surface area is 116 Å². The van der Waals surface area contributed by atoms with Crippen molar-refractivity contribution >= 4 is 11.5 Å². The number of ketones is 1. The van der Waals surface area contributed by atoms with Crippen LogP contribution in [0.5, 0.6) is 0 Å². The van der Waals surface area contributed by atoms with Crippen LogP contribution in [0, 0.1) is 21.8 Å². The highest BCUT2D eigenvalue weighted by molar-refractivity contribution is 5.78. The highest BCUT2D eigenvalue weighted by Crippen LogP contribution is 2.22. The second-order valence-corrected chi connectivity index (χ2v) is 5.26. The monoisotopic (exact) mass is 280 g/mol. The van der Waals surface area contributed by atoms with Crippen LogP contribution in [-0.2, 0) is 11.3 Å². The first-order valence-electron chi connectivity index (χ1n) is 6.62. The Morgan fingerprint density at radius 2 is 2.25 bits per heavy atom.